The summed E-state index contributed by atoms with van der Waals surface area (Å²) in [6, 6.07) is 14.2. The summed E-state index contributed by atoms with van der Waals surface area (Å²) in [5.41, 5.74) is 5.04. The molecule has 140 valence electrons. The van der Waals surface area contributed by atoms with Crippen LogP contribution in [0.3, 0.4) is 0 Å². The Morgan fingerprint density at radius 2 is 1.78 bits per heavy atom. The summed E-state index contributed by atoms with van der Waals surface area (Å²) in [5.74, 6) is -0.892. The number of nitrogens with zero attached hydrogens (tertiary/aromatic N) is 1. The number of carbonyl (C=O) groups excluding carboxylic acids is 3. The van der Waals surface area contributed by atoms with Gasteiger partial charge in [0.1, 0.15) is 5.54 Å². The van der Waals surface area contributed by atoms with Crippen LogP contribution in [0.15, 0.2) is 48.5 Å². The van der Waals surface area contributed by atoms with E-state index >= 15 is 0 Å². The monoisotopic (exact) mass is 365 g/mol. The van der Waals surface area contributed by atoms with E-state index in [2.05, 4.69) is 10.7 Å². The quantitative estimate of drug-likeness (QED) is 0.800. The second-order valence-corrected chi connectivity index (χ2v) is 6.83. The predicted molar refractivity (Wildman–Crippen MR) is 102 cm³/mol. The summed E-state index contributed by atoms with van der Waals surface area (Å²) in [4.78, 5) is 37.8. The second kappa shape index (κ2) is 7.23. The van der Waals surface area contributed by atoms with Crippen molar-refractivity contribution in [2.75, 3.05) is 0 Å². The van der Waals surface area contributed by atoms with Crippen LogP contribution in [0.5, 0.6) is 0 Å². The van der Waals surface area contributed by atoms with E-state index in [4.69, 9.17) is 0 Å². The van der Waals surface area contributed by atoms with Crippen LogP contribution in [-0.2, 0) is 21.5 Å². The van der Waals surface area contributed by atoms with Crippen molar-refractivity contribution in [3.8, 4) is 0 Å². The molecule has 1 saturated heterocycles. The van der Waals surface area contributed by atoms with Gasteiger partial charge in [-0.25, -0.2) is 4.79 Å². The lowest BCUT2D eigenvalue weighted by molar-refractivity contribution is -0.139. The van der Waals surface area contributed by atoms with Gasteiger partial charge in [-0.15, -0.1) is 0 Å². The minimum Gasteiger partial charge on any atom is -0.318 e. The number of carbonyl (C=O) groups is 3. The highest BCUT2D eigenvalue weighted by atomic mass is 16.2. The first-order valence-corrected chi connectivity index (χ1v) is 8.95. The van der Waals surface area contributed by atoms with Crippen LogP contribution >= 0.6 is 0 Å². The fourth-order valence-corrected chi connectivity index (χ4v) is 3.30. The maximum atomic E-state index is 13.0. The third-order valence-electron chi connectivity index (χ3n) is 5.06. The normalized spacial score (nSPS) is 19.1. The largest absolute Gasteiger partial charge is 0.344 e. The van der Waals surface area contributed by atoms with Gasteiger partial charge in [0, 0.05) is 0 Å². The molecule has 0 bridgehead atoms. The third-order valence-corrected chi connectivity index (χ3v) is 5.06. The Bertz CT molecular complexity index is 895. The Hall–Kier alpha value is -3.15. The van der Waals surface area contributed by atoms with E-state index in [1.54, 1.807) is 12.1 Å². The third kappa shape index (κ3) is 3.43. The van der Waals surface area contributed by atoms with E-state index in [9.17, 15) is 14.4 Å². The van der Waals surface area contributed by atoms with Gasteiger partial charge in [0.2, 0.25) is 5.91 Å². The Morgan fingerprint density at radius 3 is 2.41 bits per heavy atom. The topological polar surface area (TPSA) is 78.5 Å². The van der Waals surface area contributed by atoms with Gasteiger partial charge in [-0.05, 0) is 42.5 Å². The molecule has 2 N–H and O–H groups in total. The zero-order valence-corrected chi connectivity index (χ0v) is 15.7. The van der Waals surface area contributed by atoms with E-state index in [1.165, 1.54) is 0 Å². The van der Waals surface area contributed by atoms with Gasteiger partial charge in [0.05, 0.1) is 6.42 Å². The first kappa shape index (κ1) is 18.6. The molecule has 3 rings (SSSR count). The molecule has 1 atom stereocenters. The van der Waals surface area contributed by atoms with E-state index < -0.39 is 23.4 Å². The van der Waals surface area contributed by atoms with Gasteiger partial charge in [-0.2, -0.15) is 5.01 Å². The number of hydrogen-bond donors (Lipinski definition) is 2. The molecule has 6 heteroatoms. The van der Waals surface area contributed by atoms with Gasteiger partial charge in [-0.3, -0.25) is 15.0 Å². The molecule has 0 unspecified atom stereocenters. The summed E-state index contributed by atoms with van der Waals surface area (Å²) in [7, 11) is 0. The highest BCUT2D eigenvalue weighted by Crippen LogP contribution is 2.31. The standard InChI is InChI=1S/C21H23N3O3/c1-4-21(17-8-6-5-7-9-17)19(26)24(20(27)22-21)23-18(25)13-16-11-10-14(2)15(3)12-16/h5-12H,4,13H2,1-3H3,(H,22,27)(H,23,25)/t21-/m1/s1. The molecule has 1 aliphatic heterocycles. The minimum atomic E-state index is -1.16. The summed E-state index contributed by atoms with van der Waals surface area (Å²) in [5, 5.41) is 3.53. The number of urea groups is 1. The van der Waals surface area contributed by atoms with Crippen LogP contribution in [0.25, 0.3) is 0 Å². The molecule has 0 aromatic heterocycles. The molecule has 2 aromatic carbocycles. The molecule has 2 aromatic rings. The lowest BCUT2D eigenvalue weighted by Crippen LogP contribution is -2.49. The minimum absolute atomic E-state index is 0.0860. The van der Waals surface area contributed by atoms with Crippen LogP contribution in [0.1, 0.15) is 35.6 Å². The predicted octanol–water partition coefficient (Wildman–Crippen LogP) is 2.73. The average molecular weight is 365 g/mol. The van der Waals surface area contributed by atoms with Crippen molar-refractivity contribution in [1.82, 2.24) is 15.8 Å². The summed E-state index contributed by atoms with van der Waals surface area (Å²) in [6.45, 7) is 5.80. The zero-order valence-electron chi connectivity index (χ0n) is 15.7. The number of nitrogens with one attached hydrogen (secondary N) is 2. The Morgan fingerprint density at radius 1 is 1.07 bits per heavy atom. The van der Waals surface area contributed by atoms with Crippen LogP contribution < -0.4 is 10.7 Å². The molecule has 4 amide bonds. The van der Waals surface area contributed by atoms with Gasteiger partial charge in [0.25, 0.3) is 5.91 Å². The zero-order chi connectivity index (χ0) is 19.6. The highest BCUT2D eigenvalue weighted by Gasteiger charge is 2.52. The van der Waals surface area contributed by atoms with E-state index in [0.29, 0.717) is 12.0 Å². The van der Waals surface area contributed by atoms with Crippen molar-refractivity contribution in [3.63, 3.8) is 0 Å². The Labute approximate surface area is 158 Å². The molecule has 1 heterocycles. The van der Waals surface area contributed by atoms with Crippen LogP contribution in [-0.4, -0.2) is 22.9 Å². The maximum absolute atomic E-state index is 13.0. The Kier molecular flexibility index (Phi) is 4.99. The van der Waals surface area contributed by atoms with Crippen LogP contribution in [0, 0.1) is 13.8 Å². The lowest BCUT2D eigenvalue weighted by Gasteiger charge is -2.25. The molecule has 27 heavy (non-hydrogen) atoms. The van der Waals surface area contributed by atoms with E-state index in [1.807, 2.05) is 57.2 Å². The number of hydrazine groups is 1. The van der Waals surface area contributed by atoms with Crippen molar-refractivity contribution >= 4 is 17.8 Å². The van der Waals surface area contributed by atoms with Gasteiger partial charge in [-0.1, -0.05) is 55.5 Å². The van der Waals surface area contributed by atoms with Crippen molar-refractivity contribution < 1.29 is 14.4 Å². The molecule has 0 saturated carbocycles. The molecule has 0 spiro atoms. The van der Waals surface area contributed by atoms with Crippen molar-refractivity contribution in [2.24, 2.45) is 0 Å². The van der Waals surface area contributed by atoms with Crippen molar-refractivity contribution in [2.45, 2.75) is 39.2 Å². The molecular formula is C21H23N3O3. The van der Waals surface area contributed by atoms with E-state index in [-0.39, 0.29) is 6.42 Å². The smallest absolute Gasteiger partial charge is 0.318 e. The van der Waals surface area contributed by atoms with Crippen LogP contribution in [0.2, 0.25) is 0 Å². The second-order valence-electron chi connectivity index (χ2n) is 6.83. The SMILES string of the molecule is CC[C@]1(c2ccccc2)NC(=O)N(NC(=O)Cc2ccc(C)c(C)c2)C1=O. The fourth-order valence-electron chi connectivity index (χ4n) is 3.30. The number of aryl methyl sites for hydroxylation is 2. The maximum Gasteiger partial charge on any atom is 0.344 e. The highest BCUT2D eigenvalue weighted by molar-refractivity contribution is 6.08. The molecule has 6 nitrogen and oxygen atoms in total. The number of benzene rings is 2. The number of imide groups is 1. The van der Waals surface area contributed by atoms with Gasteiger partial charge in [0.15, 0.2) is 0 Å². The molecule has 0 radical (unpaired) electrons. The summed E-state index contributed by atoms with van der Waals surface area (Å²) < 4.78 is 0. The number of hydrogen-bond acceptors (Lipinski definition) is 3. The Balaban J connectivity index is 1.77. The molecule has 0 aliphatic carbocycles. The fraction of sp³-hybridized carbons (Fsp3) is 0.286. The summed E-state index contributed by atoms with van der Waals surface area (Å²) >= 11 is 0. The molecule has 1 aliphatic rings. The van der Waals surface area contributed by atoms with Crippen molar-refractivity contribution in [3.05, 3.63) is 70.8 Å². The summed E-state index contributed by atoms with van der Waals surface area (Å²) in [6.07, 6.45) is 0.466. The van der Waals surface area contributed by atoms with E-state index in [0.717, 1.165) is 21.7 Å². The molecule has 1 fully saturated rings. The lowest BCUT2D eigenvalue weighted by atomic mass is 9.87. The van der Waals surface area contributed by atoms with Gasteiger partial charge >= 0.3 is 6.03 Å². The first-order chi connectivity index (χ1) is 12.9. The number of rotatable bonds is 5. The van der Waals surface area contributed by atoms with Crippen molar-refractivity contribution in [1.29, 1.82) is 0 Å². The molecular weight excluding hydrogens is 342 g/mol. The number of amides is 4. The first-order valence-electron chi connectivity index (χ1n) is 8.95. The van der Waals surface area contributed by atoms with Crippen LogP contribution in [0.4, 0.5) is 4.79 Å². The average Bonchev–Trinajstić information content (AvgIpc) is 2.90. The van der Waals surface area contributed by atoms with Gasteiger partial charge < -0.3 is 5.32 Å².